The van der Waals surface area contributed by atoms with Gasteiger partial charge in [0.05, 0.1) is 12.0 Å². The van der Waals surface area contributed by atoms with Crippen LogP contribution in [-0.4, -0.2) is 53.5 Å². The van der Waals surface area contributed by atoms with Crippen molar-refractivity contribution < 1.29 is 29.3 Å². The largest absolute Gasteiger partial charge is 0.481 e. The minimum atomic E-state index is -1.51. The normalized spacial score (nSPS) is 14.1. The number of hydrogen-bond acceptors (Lipinski definition) is 5. The van der Waals surface area contributed by atoms with Gasteiger partial charge in [0.25, 0.3) is 0 Å². The van der Waals surface area contributed by atoms with Crippen LogP contribution >= 0.6 is 0 Å². The Hall–Kier alpha value is -3.39. The highest BCUT2D eigenvalue weighted by atomic mass is 16.5. The summed E-state index contributed by atoms with van der Waals surface area (Å²) in [6.07, 6.45) is -0.489. The van der Waals surface area contributed by atoms with Crippen LogP contribution < -0.4 is 10.6 Å². The molecule has 0 aromatic heterocycles. The van der Waals surface area contributed by atoms with Gasteiger partial charge in [0.2, 0.25) is 5.91 Å². The molecule has 8 heteroatoms. The summed E-state index contributed by atoms with van der Waals surface area (Å²) in [6.45, 7) is 1.67. The molecule has 4 N–H and O–H groups in total. The van der Waals surface area contributed by atoms with Crippen LogP contribution in [0.25, 0.3) is 11.1 Å². The maximum atomic E-state index is 12.1. The Morgan fingerprint density at radius 3 is 2.19 bits per heavy atom. The second-order valence-electron chi connectivity index (χ2n) is 8.20. The Bertz CT molecular complexity index is 942. The van der Waals surface area contributed by atoms with Crippen molar-refractivity contribution in [2.45, 2.75) is 37.7 Å². The molecule has 2 aromatic rings. The van der Waals surface area contributed by atoms with Crippen LogP contribution in [0.2, 0.25) is 0 Å². The number of aliphatic carboxylic acids is 1. The van der Waals surface area contributed by atoms with Crippen LogP contribution in [0.4, 0.5) is 4.79 Å². The number of alkyl carbamates (subject to hydrolysis) is 1. The number of carboxylic acid groups (broad SMARTS) is 1. The fourth-order valence-electron chi connectivity index (χ4n) is 3.85. The van der Waals surface area contributed by atoms with Gasteiger partial charge < -0.3 is 25.6 Å². The van der Waals surface area contributed by atoms with E-state index in [1.165, 1.54) is 6.92 Å². The van der Waals surface area contributed by atoms with E-state index >= 15 is 0 Å². The average molecular weight is 440 g/mol. The Balaban J connectivity index is 1.38. The van der Waals surface area contributed by atoms with Gasteiger partial charge >= 0.3 is 12.1 Å². The summed E-state index contributed by atoms with van der Waals surface area (Å²) >= 11 is 0. The lowest BCUT2D eigenvalue weighted by molar-refractivity contribution is -0.142. The Labute approximate surface area is 186 Å². The zero-order chi connectivity index (χ0) is 23.1. The summed E-state index contributed by atoms with van der Waals surface area (Å²) in [4.78, 5) is 34.6. The number of hydrogen-bond donors (Lipinski definition) is 4. The SMILES string of the molecule is CC(O)(CNC(=O)CCCNC(=O)OCC1c2ccccc2-c2ccccc21)CC(=O)O. The highest BCUT2D eigenvalue weighted by Gasteiger charge is 2.29. The van der Waals surface area contributed by atoms with E-state index in [1.54, 1.807) is 0 Å². The van der Waals surface area contributed by atoms with E-state index in [4.69, 9.17) is 9.84 Å². The van der Waals surface area contributed by atoms with Crippen LogP contribution in [0.5, 0.6) is 0 Å². The van der Waals surface area contributed by atoms with Crippen molar-refractivity contribution >= 4 is 18.0 Å². The van der Waals surface area contributed by atoms with E-state index in [2.05, 4.69) is 22.8 Å². The minimum absolute atomic E-state index is 0.0162. The number of amides is 2. The third kappa shape index (κ3) is 6.07. The van der Waals surface area contributed by atoms with Crippen molar-refractivity contribution in [1.29, 1.82) is 0 Å². The van der Waals surface area contributed by atoms with Gasteiger partial charge in [-0.1, -0.05) is 48.5 Å². The summed E-state index contributed by atoms with van der Waals surface area (Å²) in [5, 5.41) is 23.7. The molecule has 2 aromatic carbocycles. The first-order chi connectivity index (χ1) is 15.3. The topological polar surface area (TPSA) is 125 Å². The molecule has 0 saturated carbocycles. The van der Waals surface area contributed by atoms with E-state index in [9.17, 15) is 19.5 Å². The summed E-state index contributed by atoms with van der Waals surface area (Å²) in [5.41, 5.74) is 3.07. The fourth-order valence-corrected chi connectivity index (χ4v) is 3.85. The molecular formula is C24H28N2O6. The summed E-state index contributed by atoms with van der Waals surface area (Å²) in [5.74, 6) is -1.49. The molecule has 1 aliphatic carbocycles. The second-order valence-corrected chi connectivity index (χ2v) is 8.20. The molecule has 0 radical (unpaired) electrons. The van der Waals surface area contributed by atoms with E-state index in [-0.39, 0.29) is 37.9 Å². The van der Waals surface area contributed by atoms with Crippen LogP contribution in [0, 0.1) is 0 Å². The first-order valence-electron chi connectivity index (χ1n) is 10.6. The van der Waals surface area contributed by atoms with Crippen LogP contribution in [0.15, 0.2) is 48.5 Å². The van der Waals surface area contributed by atoms with E-state index in [1.807, 2.05) is 36.4 Å². The van der Waals surface area contributed by atoms with Crippen molar-refractivity contribution in [2.75, 3.05) is 19.7 Å². The fraction of sp³-hybridized carbons (Fsp3) is 0.375. The molecule has 3 rings (SSSR count). The Morgan fingerprint density at radius 1 is 1.00 bits per heavy atom. The lowest BCUT2D eigenvalue weighted by Crippen LogP contribution is -2.42. The molecule has 0 heterocycles. The molecule has 0 aliphatic heterocycles. The molecule has 1 aliphatic rings. The van der Waals surface area contributed by atoms with E-state index < -0.39 is 24.1 Å². The third-order valence-electron chi connectivity index (χ3n) is 5.39. The molecule has 0 spiro atoms. The summed E-state index contributed by atoms with van der Waals surface area (Å²) in [6, 6.07) is 16.2. The first kappa shape index (κ1) is 23.3. The van der Waals surface area contributed by atoms with Crippen LogP contribution in [-0.2, 0) is 14.3 Å². The van der Waals surface area contributed by atoms with Gasteiger partial charge in [0.15, 0.2) is 0 Å². The molecule has 8 nitrogen and oxygen atoms in total. The zero-order valence-corrected chi connectivity index (χ0v) is 18.0. The lowest BCUT2D eigenvalue weighted by atomic mass is 9.98. The zero-order valence-electron chi connectivity index (χ0n) is 18.0. The molecule has 1 unspecified atom stereocenters. The number of benzene rings is 2. The monoisotopic (exact) mass is 440 g/mol. The molecule has 1 atom stereocenters. The quantitative estimate of drug-likeness (QED) is 0.421. The molecule has 170 valence electrons. The lowest BCUT2D eigenvalue weighted by Gasteiger charge is -2.21. The highest BCUT2D eigenvalue weighted by molar-refractivity contribution is 5.79. The number of fused-ring (bicyclic) bond motifs is 3. The second kappa shape index (κ2) is 10.3. The maximum Gasteiger partial charge on any atom is 0.407 e. The van der Waals surface area contributed by atoms with Crippen molar-refractivity contribution in [2.24, 2.45) is 0 Å². The van der Waals surface area contributed by atoms with Crippen molar-refractivity contribution in [1.82, 2.24) is 10.6 Å². The maximum absolute atomic E-state index is 12.1. The van der Waals surface area contributed by atoms with E-state index in [0.717, 1.165) is 22.3 Å². The Kier molecular flexibility index (Phi) is 7.48. The molecule has 0 fully saturated rings. The number of aliphatic hydroxyl groups is 1. The van der Waals surface area contributed by atoms with Gasteiger partial charge in [-0.05, 0) is 35.6 Å². The summed E-state index contributed by atoms with van der Waals surface area (Å²) < 4.78 is 5.44. The molecule has 0 bridgehead atoms. The number of carbonyl (C=O) groups excluding carboxylic acids is 2. The molecule has 2 amide bonds. The predicted octanol–water partition coefficient (Wildman–Crippen LogP) is 2.65. The average Bonchev–Trinajstić information content (AvgIpc) is 3.07. The number of rotatable bonds is 10. The predicted molar refractivity (Wildman–Crippen MR) is 118 cm³/mol. The standard InChI is InChI=1S/C24H28N2O6/c1-24(31,13-22(28)29)15-26-21(27)11-6-12-25-23(30)32-14-20-18-9-4-2-7-16(18)17-8-3-5-10-19(17)20/h2-5,7-10,20,31H,6,11-15H2,1H3,(H,25,30)(H,26,27)(H,28,29). The van der Waals surface area contributed by atoms with Crippen LogP contribution in [0.1, 0.15) is 43.2 Å². The smallest absolute Gasteiger partial charge is 0.407 e. The van der Waals surface area contributed by atoms with Crippen LogP contribution in [0.3, 0.4) is 0 Å². The first-order valence-corrected chi connectivity index (χ1v) is 10.6. The highest BCUT2D eigenvalue weighted by Crippen LogP contribution is 2.44. The number of ether oxygens (including phenoxy) is 1. The van der Waals surface area contributed by atoms with E-state index in [0.29, 0.717) is 6.42 Å². The molecule has 32 heavy (non-hydrogen) atoms. The van der Waals surface area contributed by atoms with Gasteiger partial charge in [0.1, 0.15) is 6.61 Å². The van der Waals surface area contributed by atoms with Crippen molar-refractivity contribution in [3.63, 3.8) is 0 Å². The number of carboxylic acids is 1. The molecule has 0 saturated heterocycles. The van der Waals surface area contributed by atoms with Crippen molar-refractivity contribution in [3.8, 4) is 11.1 Å². The minimum Gasteiger partial charge on any atom is -0.481 e. The Morgan fingerprint density at radius 2 is 1.59 bits per heavy atom. The van der Waals surface area contributed by atoms with Gasteiger partial charge in [-0.25, -0.2) is 4.79 Å². The molecular weight excluding hydrogens is 412 g/mol. The van der Waals surface area contributed by atoms with Crippen molar-refractivity contribution in [3.05, 3.63) is 59.7 Å². The summed E-state index contributed by atoms with van der Waals surface area (Å²) in [7, 11) is 0. The third-order valence-corrected chi connectivity index (χ3v) is 5.39. The van der Waals surface area contributed by atoms with Gasteiger partial charge in [0, 0.05) is 25.4 Å². The van der Waals surface area contributed by atoms with Gasteiger partial charge in [-0.15, -0.1) is 0 Å². The van der Waals surface area contributed by atoms with Gasteiger partial charge in [-0.3, -0.25) is 9.59 Å². The number of nitrogens with one attached hydrogen (secondary N) is 2. The number of carbonyl (C=O) groups is 3. The van der Waals surface area contributed by atoms with Gasteiger partial charge in [-0.2, -0.15) is 0 Å².